The quantitative estimate of drug-likeness (QED) is 0.850. The normalized spacial score (nSPS) is 22.3. The monoisotopic (exact) mass is 403 g/mol. The highest BCUT2D eigenvalue weighted by Gasteiger charge is 2.38. The van der Waals surface area contributed by atoms with Crippen molar-refractivity contribution in [2.75, 3.05) is 42.6 Å². The van der Waals surface area contributed by atoms with Gasteiger partial charge in [0, 0.05) is 56.3 Å². The van der Waals surface area contributed by atoms with Gasteiger partial charge in [0.25, 0.3) is 5.56 Å². The number of ether oxygens (including phenoxy) is 1. The van der Waals surface area contributed by atoms with Crippen LogP contribution in [0.3, 0.4) is 0 Å². The fourth-order valence-electron chi connectivity index (χ4n) is 4.31. The van der Waals surface area contributed by atoms with Crippen molar-refractivity contribution in [3.8, 4) is 0 Å². The number of H-pyrrole nitrogens is 1. The van der Waals surface area contributed by atoms with Gasteiger partial charge < -0.3 is 19.5 Å². The summed E-state index contributed by atoms with van der Waals surface area (Å²) in [6.45, 7) is 3.17. The van der Waals surface area contributed by atoms with Crippen LogP contribution in [0.1, 0.15) is 24.8 Å². The van der Waals surface area contributed by atoms with Gasteiger partial charge in [-0.2, -0.15) is 0 Å². The molecule has 2 aromatic rings. The molecule has 29 heavy (non-hydrogen) atoms. The zero-order chi connectivity index (χ0) is 20.3. The number of hydrogen-bond acceptors (Lipinski definition) is 4. The van der Waals surface area contributed by atoms with Crippen molar-refractivity contribution in [1.29, 1.82) is 0 Å². The minimum Gasteiger partial charge on any atom is -0.378 e. The molecule has 2 aliphatic rings. The molecule has 1 N–H and O–H groups in total. The van der Waals surface area contributed by atoms with Crippen LogP contribution in [0.5, 0.6) is 0 Å². The number of rotatable bonds is 4. The first-order chi connectivity index (χ1) is 14.0. The van der Waals surface area contributed by atoms with Gasteiger partial charge in [-0.25, -0.2) is 8.78 Å². The number of aromatic amines is 1. The van der Waals surface area contributed by atoms with Gasteiger partial charge in [0.15, 0.2) is 0 Å². The molecule has 2 fully saturated rings. The van der Waals surface area contributed by atoms with E-state index >= 15 is 0 Å². The summed E-state index contributed by atoms with van der Waals surface area (Å²) >= 11 is 0. The largest absolute Gasteiger partial charge is 0.378 e. The lowest BCUT2D eigenvalue weighted by Crippen LogP contribution is -2.41. The molecule has 1 aromatic heterocycles. The minimum absolute atomic E-state index is 0.123. The highest BCUT2D eigenvalue weighted by molar-refractivity contribution is 5.56. The van der Waals surface area contributed by atoms with Gasteiger partial charge >= 0.3 is 0 Å². The number of anilines is 2. The van der Waals surface area contributed by atoms with Gasteiger partial charge in [-0.3, -0.25) is 4.79 Å². The molecule has 0 radical (unpaired) electrons. The number of nitrogens with zero attached hydrogens (tertiary/aromatic N) is 2. The standard InChI is InChI=1S/C22H27F2N3O2/c23-22(24)7-4-8-27(19(16-22)13-17-5-2-1-3-6-17)20-14-18(15-21(28)25-20)26-9-11-29-12-10-26/h1-3,5-6,14-15,19H,4,7-13,16H2,(H,25,28)/t19-/m0/s1. The van der Waals surface area contributed by atoms with Gasteiger partial charge in [-0.15, -0.1) is 0 Å². The number of halogens is 2. The first kappa shape index (κ1) is 19.9. The van der Waals surface area contributed by atoms with Crippen LogP contribution in [0.25, 0.3) is 0 Å². The lowest BCUT2D eigenvalue weighted by atomic mass is 9.98. The van der Waals surface area contributed by atoms with Crippen molar-refractivity contribution in [3.05, 3.63) is 58.4 Å². The molecule has 156 valence electrons. The summed E-state index contributed by atoms with van der Waals surface area (Å²) < 4.78 is 34.3. The second kappa shape index (κ2) is 8.53. The van der Waals surface area contributed by atoms with Crippen LogP contribution in [0, 0.1) is 0 Å². The summed E-state index contributed by atoms with van der Waals surface area (Å²) in [7, 11) is 0. The molecule has 2 aliphatic heterocycles. The van der Waals surface area contributed by atoms with Crippen LogP contribution in [-0.4, -0.2) is 49.8 Å². The Hall–Kier alpha value is -2.41. The van der Waals surface area contributed by atoms with Crippen molar-refractivity contribution in [2.45, 2.75) is 37.6 Å². The SMILES string of the molecule is O=c1cc(N2CCOCC2)cc(N2CCCC(F)(F)C[C@@H]2Cc2ccccc2)[nH]1. The smallest absolute Gasteiger partial charge is 0.251 e. The molecule has 0 saturated carbocycles. The van der Waals surface area contributed by atoms with E-state index in [4.69, 9.17) is 4.74 Å². The second-order valence-electron chi connectivity index (χ2n) is 7.89. The lowest BCUT2D eigenvalue weighted by molar-refractivity contribution is -0.0174. The van der Waals surface area contributed by atoms with E-state index in [0.29, 0.717) is 51.5 Å². The Balaban J connectivity index is 1.66. The molecule has 0 amide bonds. The van der Waals surface area contributed by atoms with Crippen molar-refractivity contribution < 1.29 is 13.5 Å². The first-order valence-corrected chi connectivity index (χ1v) is 10.3. The topological polar surface area (TPSA) is 48.6 Å². The van der Waals surface area contributed by atoms with E-state index in [1.165, 1.54) is 0 Å². The third kappa shape index (κ3) is 4.96. The molecule has 7 heteroatoms. The fourth-order valence-corrected chi connectivity index (χ4v) is 4.31. The van der Waals surface area contributed by atoms with Crippen LogP contribution in [0.4, 0.5) is 20.3 Å². The minimum atomic E-state index is -2.70. The maximum atomic E-state index is 14.4. The Morgan fingerprint density at radius 2 is 1.86 bits per heavy atom. The zero-order valence-corrected chi connectivity index (χ0v) is 16.4. The summed E-state index contributed by atoms with van der Waals surface area (Å²) in [5, 5.41) is 0. The molecular formula is C22H27F2N3O2. The highest BCUT2D eigenvalue weighted by Crippen LogP contribution is 2.35. The van der Waals surface area contributed by atoms with Crippen molar-refractivity contribution in [2.24, 2.45) is 0 Å². The Kier molecular flexibility index (Phi) is 5.85. The predicted octanol–water partition coefficient (Wildman–Crippen LogP) is 3.45. The molecule has 0 aliphatic carbocycles. The van der Waals surface area contributed by atoms with Crippen LogP contribution < -0.4 is 15.4 Å². The van der Waals surface area contributed by atoms with Crippen molar-refractivity contribution in [3.63, 3.8) is 0 Å². The summed E-state index contributed by atoms with van der Waals surface area (Å²) in [6, 6.07) is 12.8. The first-order valence-electron chi connectivity index (χ1n) is 10.3. The zero-order valence-electron chi connectivity index (χ0n) is 16.4. The van der Waals surface area contributed by atoms with Crippen LogP contribution >= 0.6 is 0 Å². The fraction of sp³-hybridized carbons (Fsp3) is 0.500. The summed E-state index contributed by atoms with van der Waals surface area (Å²) in [5.74, 6) is -2.08. The number of hydrogen-bond donors (Lipinski definition) is 1. The van der Waals surface area contributed by atoms with Crippen molar-refractivity contribution in [1.82, 2.24) is 4.98 Å². The van der Waals surface area contributed by atoms with Crippen LogP contribution in [0.15, 0.2) is 47.3 Å². The maximum absolute atomic E-state index is 14.4. The third-order valence-electron chi connectivity index (χ3n) is 5.73. The maximum Gasteiger partial charge on any atom is 0.251 e. The Labute approximate surface area is 169 Å². The van der Waals surface area contributed by atoms with Crippen LogP contribution in [-0.2, 0) is 11.2 Å². The molecule has 5 nitrogen and oxygen atoms in total. The number of aromatic nitrogens is 1. The van der Waals surface area contributed by atoms with E-state index in [9.17, 15) is 13.6 Å². The van der Waals surface area contributed by atoms with E-state index in [1.54, 1.807) is 6.07 Å². The van der Waals surface area contributed by atoms with E-state index in [2.05, 4.69) is 9.88 Å². The highest BCUT2D eigenvalue weighted by atomic mass is 19.3. The van der Waals surface area contributed by atoms with E-state index < -0.39 is 5.92 Å². The predicted molar refractivity (Wildman–Crippen MR) is 110 cm³/mol. The Bertz CT molecular complexity index is 866. The molecule has 1 aromatic carbocycles. The number of pyridine rings is 1. The number of benzene rings is 1. The molecule has 0 bridgehead atoms. The summed E-state index contributed by atoms with van der Waals surface area (Å²) in [5.41, 5.74) is 1.63. The number of morpholine rings is 1. The molecule has 4 rings (SSSR count). The van der Waals surface area contributed by atoms with Gasteiger partial charge in [-0.1, -0.05) is 30.3 Å². The van der Waals surface area contributed by atoms with Gasteiger partial charge in [0.2, 0.25) is 5.92 Å². The second-order valence-corrected chi connectivity index (χ2v) is 7.89. The van der Waals surface area contributed by atoms with Crippen LogP contribution in [0.2, 0.25) is 0 Å². The summed E-state index contributed by atoms with van der Waals surface area (Å²) in [6.07, 6.45) is 0.566. The third-order valence-corrected chi connectivity index (χ3v) is 5.73. The Morgan fingerprint density at radius 3 is 2.62 bits per heavy atom. The van der Waals surface area contributed by atoms with E-state index in [-0.39, 0.29) is 24.4 Å². The molecule has 2 saturated heterocycles. The average Bonchev–Trinajstić information content (AvgIpc) is 2.86. The molecular weight excluding hydrogens is 376 g/mol. The van der Waals surface area contributed by atoms with Gasteiger partial charge in [0.05, 0.1) is 13.2 Å². The molecule has 3 heterocycles. The number of alkyl halides is 2. The van der Waals surface area contributed by atoms with Gasteiger partial charge in [0.1, 0.15) is 5.82 Å². The van der Waals surface area contributed by atoms with E-state index in [0.717, 1.165) is 11.3 Å². The van der Waals surface area contributed by atoms with Gasteiger partial charge in [-0.05, 0) is 18.4 Å². The molecule has 0 unspecified atom stereocenters. The lowest BCUT2D eigenvalue weighted by Gasteiger charge is -2.34. The molecule has 0 spiro atoms. The average molecular weight is 403 g/mol. The van der Waals surface area contributed by atoms with E-state index in [1.807, 2.05) is 41.3 Å². The summed E-state index contributed by atoms with van der Waals surface area (Å²) in [4.78, 5) is 19.4. The molecule has 1 atom stereocenters. The Morgan fingerprint density at radius 1 is 1.10 bits per heavy atom. The number of nitrogens with one attached hydrogen (secondary N) is 1. The van der Waals surface area contributed by atoms with Crippen molar-refractivity contribution >= 4 is 11.5 Å².